The van der Waals surface area contributed by atoms with E-state index < -0.39 is 0 Å². The maximum Gasteiger partial charge on any atom is 0.235 e. The highest BCUT2D eigenvalue weighted by atomic mass is 16.5. The minimum Gasteiger partial charge on any atom is -0.496 e. The summed E-state index contributed by atoms with van der Waals surface area (Å²) in [5.41, 5.74) is 2.14. The molecule has 17 heavy (non-hydrogen) atoms. The average Bonchev–Trinajstić information content (AvgIpc) is 2.33. The van der Waals surface area contributed by atoms with Crippen LogP contribution < -0.4 is 4.74 Å². The molecule has 0 saturated heterocycles. The lowest BCUT2D eigenvalue weighted by atomic mass is 10.1. The van der Waals surface area contributed by atoms with Crippen LogP contribution in [0.2, 0.25) is 0 Å². The van der Waals surface area contributed by atoms with Crippen molar-refractivity contribution in [1.82, 2.24) is 4.90 Å². The molecular weight excluding hydrogens is 216 g/mol. The van der Waals surface area contributed by atoms with Gasteiger partial charge in [-0.2, -0.15) is 0 Å². The second-order valence-corrected chi connectivity index (χ2v) is 4.11. The molecule has 1 rings (SSSR count). The van der Waals surface area contributed by atoms with Gasteiger partial charge in [-0.05, 0) is 32.1 Å². The second kappa shape index (κ2) is 6.84. The number of aliphatic imine (C=N–C) groups is 1. The van der Waals surface area contributed by atoms with Crippen molar-refractivity contribution in [3.8, 4) is 5.75 Å². The summed E-state index contributed by atoms with van der Waals surface area (Å²) in [7, 11) is 5.70. The van der Waals surface area contributed by atoms with Crippen molar-refractivity contribution in [2.45, 2.75) is 13.0 Å². The molecule has 0 heterocycles. The summed E-state index contributed by atoms with van der Waals surface area (Å²) in [6.45, 7) is 1.31. The van der Waals surface area contributed by atoms with E-state index >= 15 is 0 Å². The van der Waals surface area contributed by atoms with Crippen molar-refractivity contribution in [2.75, 3.05) is 27.7 Å². The first-order chi connectivity index (χ1) is 8.17. The Morgan fingerprint density at radius 2 is 2.18 bits per heavy atom. The molecule has 0 radical (unpaired) electrons. The molecule has 1 aromatic carbocycles. The number of hydrogen-bond donors (Lipinski definition) is 0. The van der Waals surface area contributed by atoms with E-state index in [4.69, 9.17) is 4.74 Å². The van der Waals surface area contributed by atoms with Crippen molar-refractivity contribution in [3.05, 3.63) is 29.3 Å². The lowest BCUT2D eigenvalue weighted by molar-refractivity contribution is 0.407. The Labute approximate surface area is 102 Å². The zero-order valence-electron chi connectivity index (χ0n) is 10.6. The molecule has 0 saturated carbocycles. The van der Waals surface area contributed by atoms with Crippen LogP contribution >= 0.6 is 0 Å². The van der Waals surface area contributed by atoms with Gasteiger partial charge in [-0.3, -0.25) is 0 Å². The average molecular weight is 234 g/mol. The number of nitrogens with zero attached hydrogens (tertiary/aromatic N) is 2. The molecule has 0 amide bonds. The first-order valence-electron chi connectivity index (χ1n) is 5.51. The highest BCUT2D eigenvalue weighted by Crippen LogP contribution is 2.21. The number of rotatable bonds is 6. The molecule has 0 aliphatic heterocycles. The fourth-order valence-electron chi connectivity index (χ4n) is 1.58. The predicted octanol–water partition coefficient (Wildman–Crippen LogP) is 1.64. The predicted molar refractivity (Wildman–Crippen MR) is 67.1 cm³/mol. The Morgan fingerprint density at radius 3 is 2.76 bits per heavy atom. The van der Waals surface area contributed by atoms with E-state index in [9.17, 15) is 4.79 Å². The van der Waals surface area contributed by atoms with E-state index in [1.807, 2.05) is 32.3 Å². The monoisotopic (exact) mass is 234 g/mol. The molecule has 4 heteroatoms. The van der Waals surface area contributed by atoms with E-state index in [0.29, 0.717) is 6.54 Å². The largest absolute Gasteiger partial charge is 0.496 e. The number of hydrogen-bond acceptors (Lipinski definition) is 4. The van der Waals surface area contributed by atoms with Crippen LogP contribution in [0.25, 0.3) is 0 Å². The molecule has 0 atom stereocenters. The fourth-order valence-corrected chi connectivity index (χ4v) is 1.58. The van der Waals surface area contributed by atoms with Crippen LogP contribution in [0.3, 0.4) is 0 Å². The van der Waals surface area contributed by atoms with E-state index in [1.54, 1.807) is 13.2 Å². The van der Waals surface area contributed by atoms with Crippen molar-refractivity contribution in [2.24, 2.45) is 4.99 Å². The first-order valence-corrected chi connectivity index (χ1v) is 5.51. The Bertz CT molecular complexity index is 410. The molecule has 0 aliphatic carbocycles. The Balaban J connectivity index is 2.83. The van der Waals surface area contributed by atoms with Gasteiger partial charge in [0.25, 0.3) is 0 Å². The summed E-state index contributed by atoms with van der Waals surface area (Å²) in [6.07, 6.45) is 2.52. The maximum absolute atomic E-state index is 10.1. The van der Waals surface area contributed by atoms with E-state index in [0.717, 1.165) is 24.3 Å². The number of methoxy groups -OCH3 is 1. The van der Waals surface area contributed by atoms with Crippen LogP contribution in [0.5, 0.6) is 5.75 Å². The van der Waals surface area contributed by atoms with Gasteiger partial charge in [-0.15, -0.1) is 0 Å². The minimum atomic E-state index is 0.322. The normalized spacial score (nSPS) is 10.1. The Morgan fingerprint density at radius 1 is 1.41 bits per heavy atom. The smallest absolute Gasteiger partial charge is 0.235 e. The Kier molecular flexibility index (Phi) is 5.40. The summed E-state index contributed by atoms with van der Waals surface area (Å²) < 4.78 is 5.22. The first kappa shape index (κ1) is 13.4. The van der Waals surface area contributed by atoms with Gasteiger partial charge in [0.15, 0.2) is 0 Å². The van der Waals surface area contributed by atoms with Crippen molar-refractivity contribution in [1.29, 1.82) is 0 Å². The van der Waals surface area contributed by atoms with Gasteiger partial charge in [-0.1, -0.05) is 12.1 Å². The molecule has 0 bridgehead atoms. The van der Waals surface area contributed by atoms with Crippen LogP contribution in [0, 0.1) is 0 Å². The van der Waals surface area contributed by atoms with Crippen LogP contribution in [-0.4, -0.2) is 38.7 Å². The second-order valence-electron chi connectivity index (χ2n) is 4.11. The molecule has 92 valence electrons. The van der Waals surface area contributed by atoms with Crippen LogP contribution in [0.1, 0.15) is 11.1 Å². The zero-order chi connectivity index (χ0) is 12.7. The summed E-state index contributed by atoms with van der Waals surface area (Å²) in [6, 6.07) is 5.99. The summed E-state index contributed by atoms with van der Waals surface area (Å²) in [5.74, 6) is 0.762. The molecule has 0 aliphatic rings. The number of likely N-dealkylation sites (N-methyl/N-ethyl adjacent to an activating group) is 1. The van der Waals surface area contributed by atoms with Gasteiger partial charge in [0.1, 0.15) is 5.75 Å². The zero-order valence-corrected chi connectivity index (χ0v) is 10.6. The third-order valence-electron chi connectivity index (χ3n) is 2.51. The lowest BCUT2D eigenvalue weighted by Crippen LogP contribution is -2.15. The van der Waals surface area contributed by atoms with Crippen LogP contribution in [-0.2, 0) is 17.8 Å². The fraction of sp³-hybridized carbons (Fsp3) is 0.462. The SMILES string of the molecule is COc1ccc(CCN(C)C)cc1CN=C=O. The van der Waals surface area contributed by atoms with Gasteiger partial charge in [0, 0.05) is 12.1 Å². The van der Waals surface area contributed by atoms with E-state index in [-0.39, 0.29) is 0 Å². The molecule has 4 nitrogen and oxygen atoms in total. The van der Waals surface area contributed by atoms with Gasteiger partial charge >= 0.3 is 0 Å². The molecule has 0 unspecified atom stereocenters. The van der Waals surface area contributed by atoms with Gasteiger partial charge in [0.05, 0.1) is 13.7 Å². The van der Waals surface area contributed by atoms with Crippen LogP contribution in [0.15, 0.2) is 23.2 Å². The number of carbonyl (C=O) groups excluding carboxylic acids is 1. The highest BCUT2D eigenvalue weighted by Gasteiger charge is 2.04. The summed E-state index contributed by atoms with van der Waals surface area (Å²) in [4.78, 5) is 15.9. The molecule has 0 aromatic heterocycles. The van der Waals surface area contributed by atoms with E-state index in [1.165, 1.54) is 5.56 Å². The van der Waals surface area contributed by atoms with Gasteiger partial charge in [-0.25, -0.2) is 9.79 Å². The third-order valence-corrected chi connectivity index (χ3v) is 2.51. The van der Waals surface area contributed by atoms with Crippen molar-refractivity contribution < 1.29 is 9.53 Å². The number of ether oxygens (including phenoxy) is 1. The van der Waals surface area contributed by atoms with Crippen molar-refractivity contribution >= 4 is 6.08 Å². The van der Waals surface area contributed by atoms with Crippen molar-refractivity contribution in [3.63, 3.8) is 0 Å². The highest BCUT2D eigenvalue weighted by molar-refractivity contribution is 5.40. The third kappa shape index (κ3) is 4.39. The number of benzene rings is 1. The topological polar surface area (TPSA) is 41.9 Å². The molecule has 0 spiro atoms. The number of isocyanates is 1. The van der Waals surface area contributed by atoms with E-state index in [2.05, 4.69) is 9.89 Å². The van der Waals surface area contributed by atoms with Crippen LogP contribution in [0.4, 0.5) is 0 Å². The Hall–Kier alpha value is -1.64. The molecule has 0 N–H and O–H groups in total. The maximum atomic E-state index is 10.1. The summed E-state index contributed by atoms with van der Waals surface area (Å²) >= 11 is 0. The summed E-state index contributed by atoms with van der Waals surface area (Å²) in [5, 5.41) is 0. The standard InChI is InChI=1S/C13H18N2O2/c1-15(2)7-6-11-4-5-13(17-3)12(8-11)9-14-10-16/h4-5,8H,6-7,9H2,1-3H3. The molecule has 0 fully saturated rings. The molecular formula is C13H18N2O2. The molecule has 1 aromatic rings. The quantitative estimate of drug-likeness (QED) is 0.555. The van der Waals surface area contributed by atoms with Gasteiger partial charge < -0.3 is 9.64 Å². The van der Waals surface area contributed by atoms with Gasteiger partial charge in [0.2, 0.25) is 6.08 Å². The minimum absolute atomic E-state index is 0.322. The lowest BCUT2D eigenvalue weighted by Gasteiger charge is -2.11.